The molecule has 2 aliphatic rings. The van der Waals surface area contributed by atoms with Crippen LogP contribution in [0.5, 0.6) is 5.75 Å². The fourth-order valence-corrected chi connectivity index (χ4v) is 7.34. The first-order chi connectivity index (χ1) is 15.5. The Bertz CT molecular complexity index is 1200. The second-order valence-corrected chi connectivity index (χ2v) is 10.6. The van der Waals surface area contributed by atoms with E-state index in [0.29, 0.717) is 0 Å². The molecular weight excluding hydrogens is 416 g/mol. The van der Waals surface area contributed by atoms with E-state index in [1.54, 1.807) is 0 Å². The molecule has 0 bridgehead atoms. The van der Waals surface area contributed by atoms with Crippen LogP contribution in [0, 0.1) is 13.8 Å². The van der Waals surface area contributed by atoms with Gasteiger partial charge in [0.2, 0.25) is 0 Å². The lowest BCUT2D eigenvalue weighted by atomic mass is 10.1. The van der Waals surface area contributed by atoms with E-state index in [-0.39, 0.29) is 18.7 Å². The van der Waals surface area contributed by atoms with Gasteiger partial charge in [-0.2, -0.15) is 10.9 Å². The summed E-state index contributed by atoms with van der Waals surface area (Å²) in [5, 5.41) is 2.39. The molecule has 0 aromatic heterocycles. The van der Waals surface area contributed by atoms with Crippen molar-refractivity contribution in [3.8, 4) is 5.75 Å². The van der Waals surface area contributed by atoms with E-state index in [1.165, 1.54) is 26.5 Å². The molecule has 2 unspecified atom stereocenters. The molecule has 1 aliphatic carbocycles. The molecule has 164 valence electrons. The van der Waals surface area contributed by atoms with Crippen molar-refractivity contribution in [2.45, 2.75) is 49.5 Å². The maximum absolute atomic E-state index is 12.5. The summed E-state index contributed by atoms with van der Waals surface area (Å²) in [6.07, 6.45) is 1.64. The Hall–Kier alpha value is -2.98. The minimum absolute atomic E-state index is 0.0731. The number of carbonyl (C=O) groups excluding carboxylic acids is 1. The number of aryl methyl sites for hydroxylation is 3. The number of fused-ring (bicyclic) bond motifs is 2. The van der Waals surface area contributed by atoms with Crippen LogP contribution in [0.4, 0.5) is 0 Å². The molecular formula is C28H28O3S. The number of hydrogen-bond donors (Lipinski definition) is 1. The number of thiol groups is 1. The molecule has 0 saturated heterocycles. The van der Waals surface area contributed by atoms with E-state index in [2.05, 4.69) is 68.6 Å². The Morgan fingerprint density at radius 2 is 1.72 bits per heavy atom. The summed E-state index contributed by atoms with van der Waals surface area (Å²) < 4.78 is 11.7. The number of rotatable bonds is 5. The number of ether oxygens (including phenoxy) is 2. The van der Waals surface area contributed by atoms with Crippen LogP contribution in [-0.2, 0) is 16.0 Å². The molecule has 0 N–H and O–H groups in total. The van der Waals surface area contributed by atoms with Gasteiger partial charge in [-0.25, -0.2) is 4.79 Å². The second-order valence-electron chi connectivity index (χ2n) is 8.61. The monoisotopic (exact) mass is 444 g/mol. The fourth-order valence-electron chi connectivity index (χ4n) is 4.82. The highest BCUT2D eigenvalue weighted by Crippen LogP contribution is 2.55. The number of hydrogen-bond acceptors (Lipinski definition) is 3. The van der Waals surface area contributed by atoms with Gasteiger partial charge >= 0.3 is 5.97 Å². The molecule has 5 rings (SSSR count). The number of carbonyl (C=O) groups is 1. The molecule has 3 nitrogen and oxygen atoms in total. The van der Waals surface area contributed by atoms with Crippen LogP contribution in [0.25, 0.3) is 5.57 Å². The zero-order valence-corrected chi connectivity index (χ0v) is 19.6. The van der Waals surface area contributed by atoms with Crippen LogP contribution < -0.4 is 4.74 Å². The quantitative estimate of drug-likeness (QED) is 0.351. The normalized spacial score (nSPS) is 19.8. The van der Waals surface area contributed by atoms with Gasteiger partial charge in [-0.1, -0.05) is 42.5 Å². The number of allylic oxidation sites excluding steroid dienone is 1. The predicted molar refractivity (Wildman–Crippen MR) is 131 cm³/mol. The summed E-state index contributed by atoms with van der Waals surface area (Å²) in [5.41, 5.74) is 7.20. The van der Waals surface area contributed by atoms with Gasteiger partial charge in [0.15, 0.2) is 6.61 Å². The lowest BCUT2D eigenvalue weighted by molar-refractivity contribution is -0.151. The van der Waals surface area contributed by atoms with Gasteiger partial charge in [0.25, 0.3) is 0 Å². The highest BCUT2D eigenvalue weighted by molar-refractivity contribution is 8.20. The Morgan fingerprint density at radius 3 is 2.53 bits per heavy atom. The molecule has 32 heavy (non-hydrogen) atoms. The van der Waals surface area contributed by atoms with E-state index >= 15 is 0 Å². The van der Waals surface area contributed by atoms with Crippen molar-refractivity contribution in [3.63, 3.8) is 0 Å². The van der Waals surface area contributed by atoms with Gasteiger partial charge in [0, 0.05) is 4.90 Å². The summed E-state index contributed by atoms with van der Waals surface area (Å²) in [6.45, 7) is 6.22. The van der Waals surface area contributed by atoms with E-state index in [4.69, 9.17) is 9.47 Å². The van der Waals surface area contributed by atoms with Crippen molar-refractivity contribution < 1.29 is 14.3 Å². The van der Waals surface area contributed by atoms with E-state index in [0.717, 1.165) is 35.3 Å². The van der Waals surface area contributed by atoms with E-state index in [1.807, 2.05) is 18.2 Å². The lowest BCUT2D eigenvalue weighted by Gasteiger charge is -2.20. The third kappa shape index (κ3) is 3.84. The molecule has 3 aromatic rings. The maximum Gasteiger partial charge on any atom is 0.344 e. The van der Waals surface area contributed by atoms with Crippen LogP contribution in [0.1, 0.15) is 47.3 Å². The van der Waals surface area contributed by atoms with Crippen molar-refractivity contribution >= 4 is 22.4 Å². The Labute approximate surface area is 192 Å². The molecule has 4 heteroatoms. The Kier molecular flexibility index (Phi) is 5.56. The van der Waals surface area contributed by atoms with E-state index in [9.17, 15) is 4.79 Å². The topological polar surface area (TPSA) is 35.5 Å². The molecule has 0 fully saturated rings. The highest BCUT2D eigenvalue weighted by atomic mass is 32.2. The average Bonchev–Trinajstić information content (AvgIpc) is 3.34. The van der Waals surface area contributed by atoms with Crippen molar-refractivity contribution in [2.75, 3.05) is 6.61 Å². The van der Waals surface area contributed by atoms with Crippen molar-refractivity contribution in [1.29, 1.82) is 0 Å². The van der Waals surface area contributed by atoms with Gasteiger partial charge in [0.05, 0.1) is 0 Å². The molecule has 0 radical (unpaired) electrons. The van der Waals surface area contributed by atoms with E-state index < -0.39 is 10.9 Å². The van der Waals surface area contributed by atoms with Gasteiger partial charge in [0.1, 0.15) is 11.9 Å². The molecule has 1 heterocycles. The summed E-state index contributed by atoms with van der Waals surface area (Å²) in [5.74, 6) is 0.461. The molecule has 0 spiro atoms. The molecule has 0 amide bonds. The molecule has 3 aromatic carbocycles. The molecule has 1 aliphatic heterocycles. The summed E-state index contributed by atoms with van der Waals surface area (Å²) in [7, 11) is -0.505. The van der Waals surface area contributed by atoms with Crippen molar-refractivity contribution in [2.24, 2.45) is 0 Å². The SMILES string of the molecule is CC1=C[SH](c2cc(C)c(OCC(=O)OC3CCc4ccccc43)c(C)c2)c2ccccc21. The third-order valence-electron chi connectivity index (χ3n) is 6.32. The zero-order valence-electron chi connectivity index (χ0n) is 18.7. The Balaban J connectivity index is 1.28. The minimum atomic E-state index is -0.505. The van der Waals surface area contributed by atoms with Crippen LogP contribution in [0.15, 0.2) is 75.9 Å². The van der Waals surface area contributed by atoms with Crippen LogP contribution in [-0.4, -0.2) is 12.6 Å². The first kappa shape index (κ1) is 20.9. The minimum Gasteiger partial charge on any atom is -0.481 e. The molecule has 2 atom stereocenters. The maximum atomic E-state index is 12.5. The van der Waals surface area contributed by atoms with Crippen LogP contribution >= 0.6 is 10.9 Å². The molecule has 0 saturated carbocycles. The van der Waals surface area contributed by atoms with Gasteiger partial charge in [-0.3, -0.25) is 0 Å². The second kappa shape index (κ2) is 8.51. The number of benzene rings is 3. The summed E-state index contributed by atoms with van der Waals surface area (Å²) in [4.78, 5) is 15.2. The predicted octanol–water partition coefficient (Wildman–Crippen LogP) is 6.71. The summed E-state index contributed by atoms with van der Waals surface area (Å²) in [6, 6.07) is 21.3. The largest absolute Gasteiger partial charge is 0.481 e. The zero-order chi connectivity index (χ0) is 22.2. The first-order valence-electron chi connectivity index (χ1n) is 11.1. The third-order valence-corrected chi connectivity index (χ3v) is 8.69. The van der Waals surface area contributed by atoms with Crippen LogP contribution in [0.2, 0.25) is 0 Å². The lowest BCUT2D eigenvalue weighted by Crippen LogP contribution is -2.18. The van der Waals surface area contributed by atoms with Gasteiger partial charge in [-0.05, 0) is 95.5 Å². The van der Waals surface area contributed by atoms with Gasteiger partial charge in [-0.15, -0.1) is 0 Å². The number of esters is 1. The fraction of sp³-hybridized carbons (Fsp3) is 0.250. The van der Waals surface area contributed by atoms with Gasteiger partial charge < -0.3 is 9.47 Å². The summed E-state index contributed by atoms with van der Waals surface area (Å²) >= 11 is 0. The average molecular weight is 445 g/mol. The van der Waals surface area contributed by atoms with Crippen molar-refractivity contribution in [3.05, 3.63) is 93.9 Å². The smallest absolute Gasteiger partial charge is 0.344 e. The standard InChI is InChI=1S/C28H28O3S/c1-18-14-22(32-17-20(3)23-9-6-7-11-26(23)32)15-19(2)28(18)30-16-27(29)31-25-13-12-21-8-4-5-10-24(21)25/h4-11,14-15,17,25,32H,12-13,16H2,1-3H3. The Morgan fingerprint density at radius 1 is 1.00 bits per heavy atom. The highest BCUT2D eigenvalue weighted by Gasteiger charge is 2.26. The van der Waals surface area contributed by atoms with Crippen molar-refractivity contribution in [1.82, 2.24) is 0 Å². The first-order valence-corrected chi connectivity index (χ1v) is 12.5. The van der Waals surface area contributed by atoms with Crippen LogP contribution in [0.3, 0.4) is 0 Å².